The zero-order chi connectivity index (χ0) is 17.4. The summed E-state index contributed by atoms with van der Waals surface area (Å²) in [5.41, 5.74) is 2.07. The highest BCUT2D eigenvalue weighted by atomic mass is 32.1. The topological polar surface area (TPSA) is 91.2 Å². The molecule has 1 fully saturated rings. The standard InChI is InChI=1S/C16H21N5O2S/c1-15(2,3)16(9-17-7-8-21(16)14(22)23)12-11(5-4-6-18-12)13-20-19-10-24-13/h4-6,10,17H,7-9H2,1-3H3,(H,22,23). The quantitative estimate of drug-likeness (QED) is 0.867. The van der Waals surface area contributed by atoms with Crippen LogP contribution in [0.15, 0.2) is 23.8 Å². The van der Waals surface area contributed by atoms with E-state index >= 15 is 0 Å². The fourth-order valence-corrected chi connectivity index (χ4v) is 4.02. The molecule has 2 N–H and O–H groups in total. The summed E-state index contributed by atoms with van der Waals surface area (Å²) in [7, 11) is 0. The van der Waals surface area contributed by atoms with Gasteiger partial charge in [-0.25, -0.2) is 4.79 Å². The van der Waals surface area contributed by atoms with Crippen molar-refractivity contribution in [3.05, 3.63) is 29.5 Å². The summed E-state index contributed by atoms with van der Waals surface area (Å²) in [6, 6.07) is 3.78. The molecule has 3 rings (SSSR count). The Bertz CT molecular complexity index is 728. The number of hydrogen-bond donors (Lipinski definition) is 2. The average molecular weight is 347 g/mol. The lowest BCUT2D eigenvalue weighted by atomic mass is 9.68. The van der Waals surface area contributed by atoms with E-state index in [-0.39, 0.29) is 5.41 Å². The molecule has 0 bridgehead atoms. The van der Waals surface area contributed by atoms with Crippen molar-refractivity contribution in [3.8, 4) is 10.6 Å². The van der Waals surface area contributed by atoms with E-state index in [1.54, 1.807) is 11.7 Å². The highest BCUT2D eigenvalue weighted by molar-refractivity contribution is 7.12. The minimum Gasteiger partial charge on any atom is -0.465 e. The van der Waals surface area contributed by atoms with Crippen LogP contribution in [0.2, 0.25) is 0 Å². The van der Waals surface area contributed by atoms with E-state index in [1.807, 2.05) is 12.1 Å². The van der Waals surface area contributed by atoms with Gasteiger partial charge in [-0.05, 0) is 17.5 Å². The van der Waals surface area contributed by atoms with Crippen molar-refractivity contribution < 1.29 is 9.90 Å². The van der Waals surface area contributed by atoms with E-state index in [0.717, 1.165) is 16.3 Å². The van der Waals surface area contributed by atoms with Gasteiger partial charge in [0.25, 0.3) is 0 Å². The summed E-state index contributed by atoms with van der Waals surface area (Å²) >= 11 is 1.42. The van der Waals surface area contributed by atoms with Crippen molar-refractivity contribution in [1.29, 1.82) is 0 Å². The van der Waals surface area contributed by atoms with Crippen LogP contribution in [-0.4, -0.2) is 50.9 Å². The number of pyridine rings is 1. The Hall–Kier alpha value is -2.06. The third kappa shape index (κ3) is 2.55. The largest absolute Gasteiger partial charge is 0.465 e. The first-order valence-corrected chi connectivity index (χ1v) is 8.69. The van der Waals surface area contributed by atoms with Gasteiger partial charge in [0.15, 0.2) is 0 Å². The Morgan fingerprint density at radius 2 is 2.25 bits per heavy atom. The zero-order valence-electron chi connectivity index (χ0n) is 14.0. The molecule has 1 saturated heterocycles. The van der Waals surface area contributed by atoms with Crippen molar-refractivity contribution >= 4 is 17.4 Å². The summed E-state index contributed by atoms with van der Waals surface area (Å²) in [6.07, 6.45) is 0.780. The number of piperazine rings is 1. The van der Waals surface area contributed by atoms with Crippen LogP contribution < -0.4 is 5.32 Å². The molecule has 1 unspecified atom stereocenters. The van der Waals surface area contributed by atoms with Gasteiger partial charge < -0.3 is 10.4 Å². The van der Waals surface area contributed by atoms with Crippen molar-refractivity contribution in [2.24, 2.45) is 5.41 Å². The van der Waals surface area contributed by atoms with Crippen LogP contribution in [0.4, 0.5) is 4.79 Å². The van der Waals surface area contributed by atoms with Crippen LogP contribution >= 0.6 is 11.3 Å². The molecule has 0 saturated carbocycles. The molecule has 1 aliphatic rings. The van der Waals surface area contributed by atoms with Gasteiger partial charge in [0.1, 0.15) is 16.1 Å². The van der Waals surface area contributed by atoms with Gasteiger partial charge >= 0.3 is 6.09 Å². The molecule has 2 aromatic heterocycles. The number of carboxylic acid groups (broad SMARTS) is 1. The Labute approximate surface area is 144 Å². The lowest BCUT2D eigenvalue weighted by Gasteiger charge is -2.53. The predicted octanol–water partition coefficient (Wildman–Crippen LogP) is 2.42. The molecule has 0 radical (unpaired) electrons. The SMILES string of the molecule is CC(C)(C)C1(c2ncccc2-c2nncs2)CNCCN1C(=O)O. The van der Waals surface area contributed by atoms with Crippen LogP contribution in [0.25, 0.3) is 10.6 Å². The first-order chi connectivity index (χ1) is 11.4. The highest BCUT2D eigenvalue weighted by Gasteiger charge is 2.53. The zero-order valence-corrected chi connectivity index (χ0v) is 14.8. The number of aromatic nitrogens is 3. The summed E-state index contributed by atoms with van der Waals surface area (Å²) in [5, 5.41) is 22.1. The summed E-state index contributed by atoms with van der Waals surface area (Å²) in [6.45, 7) is 7.70. The van der Waals surface area contributed by atoms with Crippen molar-refractivity contribution in [3.63, 3.8) is 0 Å². The maximum Gasteiger partial charge on any atom is 0.408 e. The maximum atomic E-state index is 12.0. The lowest BCUT2D eigenvalue weighted by Crippen LogP contribution is -2.66. The first-order valence-electron chi connectivity index (χ1n) is 7.81. The minimum absolute atomic E-state index is 0.368. The van der Waals surface area contributed by atoms with Crippen molar-refractivity contribution in [1.82, 2.24) is 25.4 Å². The van der Waals surface area contributed by atoms with E-state index in [4.69, 9.17) is 0 Å². The number of amides is 1. The normalized spacial score (nSPS) is 21.7. The molecule has 3 heterocycles. The lowest BCUT2D eigenvalue weighted by molar-refractivity contribution is -0.0208. The third-order valence-corrected chi connectivity index (χ3v) is 5.34. The fraction of sp³-hybridized carbons (Fsp3) is 0.500. The number of nitrogens with one attached hydrogen (secondary N) is 1. The van der Waals surface area contributed by atoms with E-state index in [1.165, 1.54) is 16.2 Å². The molecule has 8 heteroatoms. The first kappa shape index (κ1) is 16.8. The molecule has 2 aromatic rings. The molecule has 0 spiro atoms. The summed E-state index contributed by atoms with van der Waals surface area (Å²) in [5.74, 6) is 0. The molecule has 1 atom stereocenters. The Balaban J connectivity index is 2.27. The van der Waals surface area contributed by atoms with E-state index < -0.39 is 11.6 Å². The van der Waals surface area contributed by atoms with Gasteiger partial charge in [0.2, 0.25) is 0 Å². The van der Waals surface area contributed by atoms with Crippen LogP contribution in [0, 0.1) is 5.41 Å². The van der Waals surface area contributed by atoms with E-state index in [0.29, 0.717) is 19.6 Å². The Morgan fingerprint density at radius 1 is 1.46 bits per heavy atom. The van der Waals surface area contributed by atoms with Crippen LogP contribution in [0.3, 0.4) is 0 Å². The van der Waals surface area contributed by atoms with Gasteiger partial charge in [-0.15, -0.1) is 10.2 Å². The second-order valence-electron chi connectivity index (χ2n) is 6.86. The van der Waals surface area contributed by atoms with Gasteiger partial charge in [-0.2, -0.15) is 0 Å². The fourth-order valence-electron chi connectivity index (χ4n) is 3.44. The number of hydrogen-bond acceptors (Lipinski definition) is 6. The molecule has 0 aliphatic carbocycles. The van der Waals surface area contributed by atoms with E-state index in [2.05, 4.69) is 41.3 Å². The Morgan fingerprint density at radius 3 is 2.88 bits per heavy atom. The third-order valence-electron chi connectivity index (χ3n) is 4.62. The molecule has 7 nitrogen and oxygen atoms in total. The van der Waals surface area contributed by atoms with Crippen molar-refractivity contribution in [2.75, 3.05) is 19.6 Å². The van der Waals surface area contributed by atoms with Crippen LogP contribution in [0.1, 0.15) is 26.5 Å². The van der Waals surface area contributed by atoms with Gasteiger partial charge in [0, 0.05) is 31.4 Å². The maximum absolute atomic E-state index is 12.0. The number of nitrogens with zero attached hydrogens (tertiary/aromatic N) is 4. The summed E-state index contributed by atoms with van der Waals surface area (Å²) in [4.78, 5) is 18.2. The van der Waals surface area contributed by atoms with E-state index in [9.17, 15) is 9.90 Å². The molecule has 1 aliphatic heterocycles. The highest BCUT2D eigenvalue weighted by Crippen LogP contribution is 2.47. The molecule has 0 aromatic carbocycles. The van der Waals surface area contributed by atoms with Gasteiger partial charge in [-0.3, -0.25) is 9.88 Å². The van der Waals surface area contributed by atoms with Gasteiger partial charge in [-0.1, -0.05) is 32.1 Å². The van der Waals surface area contributed by atoms with Crippen LogP contribution in [-0.2, 0) is 5.54 Å². The number of carbonyl (C=O) groups is 1. The second-order valence-corrected chi connectivity index (χ2v) is 7.70. The smallest absolute Gasteiger partial charge is 0.408 e. The molecule has 128 valence electrons. The number of rotatable bonds is 2. The molecule has 1 amide bonds. The van der Waals surface area contributed by atoms with Gasteiger partial charge in [0.05, 0.1) is 5.69 Å². The summed E-state index contributed by atoms with van der Waals surface area (Å²) < 4.78 is 0. The molecular weight excluding hydrogens is 326 g/mol. The minimum atomic E-state index is -0.930. The molecular formula is C16H21N5O2S. The monoisotopic (exact) mass is 347 g/mol. The van der Waals surface area contributed by atoms with Crippen LogP contribution in [0.5, 0.6) is 0 Å². The second kappa shape index (κ2) is 6.10. The molecule has 24 heavy (non-hydrogen) atoms. The predicted molar refractivity (Wildman–Crippen MR) is 91.9 cm³/mol. The average Bonchev–Trinajstić information content (AvgIpc) is 3.08. The van der Waals surface area contributed by atoms with Crippen molar-refractivity contribution in [2.45, 2.75) is 26.3 Å². The Kier molecular flexibility index (Phi) is 4.27.